The zero-order valence-corrected chi connectivity index (χ0v) is 6.50. The molecular weight excluding hydrogens is 105 g/mol. The first-order chi connectivity index (χ1) is 2.94. The molecule has 2 heteroatoms. The van der Waals surface area contributed by atoms with Crippen LogP contribution in [0.2, 0.25) is 0 Å². The van der Waals surface area contributed by atoms with Gasteiger partial charge in [0, 0.05) is 0 Å². The van der Waals surface area contributed by atoms with Gasteiger partial charge in [-0.25, -0.2) is 0 Å². The molecule has 0 aromatic carbocycles. The fourth-order valence-corrected chi connectivity index (χ4v) is 0. The number of hydrogen-bond acceptors (Lipinski definition) is 1. The van der Waals surface area contributed by atoms with Gasteiger partial charge in [-0.3, -0.25) is 4.67 Å². The Balaban J connectivity index is 3.80. The molecule has 7 heavy (non-hydrogen) atoms. The molecule has 0 bridgehead atoms. The molecule has 0 aromatic heterocycles. The van der Waals surface area contributed by atoms with Gasteiger partial charge in [-0.2, -0.15) is 0 Å². The van der Waals surface area contributed by atoms with Gasteiger partial charge < -0.3 is 0 Å². The average molecular weight is 119 g/mol. The van der Waals surface area contributed by atoms with Gasteiger partial charge in [-0.1, -0.05) is 13.3 Å². The highest BCUT2D eigenvalue weighted by atomic mass is 31.2. The molecule has 0 unspecified atom stereocenters. The van der Waals surface area contributed by atoms with Gasteiger partial charge in [0.25, 0.3) is 0 Å². The Labute approximate surface area is 46.4 Å². The van der Waals surface area contributed by atoms with E-state index in [0.717, 1.165) is 0 Å². The Kier molecular flexibility index (Phi) is 2.09. The lowest BCUT2D eigenvalue weighted by Crippen LogP contribution is -2.05. The molecule has 0 atom stereocenters. The van der Waals surface area contributed by atoms with Crippen molar-refractivity contribution in [3.05, 3.63) is 0 Å². The molecular formula is C5H14NP. The molecule has 0 aliphatic carbocycles. The summed E-state index contributed by atoms with van der Waals surface area (Å²) in [5.41, 5.74) is 0. The van der Waals surface area contributed by atoms with Gasteiger partial charge >= 0.3 is 0 Å². The van der Waals surface area contributed by atoms with Gasteiger partial charge in [-0.15, -0.1) is 0 Å². The summed E-state index contributed by atoms with van der Waals surface area (Å²) in [6, 6.07) is 0. The zero-order chi connectivity index (χ0) is 6.08. The molecule has 44 valence electrons. The molecule has 0 heterocycles. The van der Waals surface area contributed by atoms with E-state index in [-0.39, 0.29) is 0 Å². The van der Waals surface area contributed by atoms with Crippen molar-refractivity contribution in [1.82, 2.24) is 4.67 Å². The maximum Gasteiger partial charge on any atom is -0.00982 e. The standard InChI is InChI=1S/C5H14NP/c1-6(2)7(3,4)5/h3H2,1-2,4-5H3. The maximum atomic E-state index is 4.01. The van der Waals surface area contributed by atoms with E-state index in [1.54, 1.807) is 0 Å². The highest BCUT2D eigenvalue weighted by molar-refractivity contribution is 7.69. The van der Waals surface area contributed by atoms with Crippen LogP contribution in [0.15, 0.2) is 0 Å². The van der Waals surface area contributed by atoms with Crippen LogP contribution < -0.4 is 0 Å². The molecule has 0 fully saturated rings. The second-order valence-electron chi connectivity index (χ2n) is 2.47. The lowest BCUT2D eigenvalue weighted by atomic mass is 11.3. The van der Waals surface area contributed by atoms with Crippen LogP contribution in [-0.2, 0) is 0 Å². The molecule has 1 nitrogen and oxygen atoms in total. The number of hydrogen-bond donors (Lipinski definition) is 0. The van der Waals surface area contributed by atoms with E-state index >= 15 is 0 Å². The highest BCUT2D eigenvalue weighted by Gasteiger charge is 1.98. The summed E-state index contributed by atoms with van der Waals surface area (Å²) in [5, 5.41) is 0. The largest absolute Gasteiger partial charge is 0.290 e. The lowest BCUT2D eigenvalue weighted by molar-refractivity contribution is 0.681. The van der Waals surface area contributed by atoms with Gasteiger partial charge in [0.2, 0.25) is 0 Å². The van der Waals surface area contributed by atoms with E-state index in [1.807, 2.05) is 0 Å². The Morgan fingerprint density at radius 2 is 1.43 bits per heavy atom. The van der Waals surface area contributed by atoms with Crippen LogP contribution in [-0.4, -0.2) is 38.4 Å². The van der Waals surface area contributed by atoms with Crippen LogP contribution in [0.3, 0.4) is 0 Å². The van der Waals surface area contributed by atoms with Crippen molar-refractivity contribution in [2.24, 2.45) is 0 Å². The normalized spacial score (nSPS) is 12.7. The van der Waals surface area contributed by atoms with E-state index < -0.39 is 7.04 Å². The quantitative estimate of drug-likeness (QED) is 0.468. The topological polar surface area (TPSA) is 3.24 Å². The monoisotopic (exact) mass is 119 g/mol. The Hall–Kier alpha value is 0.260. The summed E-state index contributed by atoms with van der Waals surface area (Å²) in [7, 11) is 3.24. The fraction of sp³-hybridized carbons (Fsp3) is 0.800. The third-order valence-corrected chi connectivity index (χ3v) is 3.25. The first-order valence-electron chi connectivity index (χ1n) is 2.31. The van der Waals surface area contributed by atoms with Crippen molar-refractivity contribution >= 4 is 13.3 Å². The van der Waals surface area contributed by atoms with Crippen molar-refractivity contribution in [3.63, 3.8) is 0 Å². The van der Waals surface area contributed by atoms with Crippen molar-refractivity contribution < 1.29 is 0 Å². The molecule has 0 radical (unpaired) electrons. The Morgan fingerprint density at radius 1 is 1.29 bits per heavy atom. The summed E-state index contributed by atoms with van der Waals surface area (Å²) in [5.74, 6) is 0. The smallest absolute Gasteiger partial charge is 0.00982 e. The van der Waals surface area contributed by atoms with Crippen LogP contribution in [0.4, 0.5) is 0 Å². The van der Waals surface area contributed by atoms with Crippen LogP contribution in [0.1, 0.15) is 0 Å². The fourth-order valence-electron chi connectivity index (χ4n) is 0. The second-order valence-corrected chi connectivity index (χ2v) is 6.51. The minimum atomic E-state index is -0.904. The van der Waals surface area contributed by atoms with Crippen LogP contribution in [0.5, 0.6) is 0 Å². The molecule has 0 saturated carbocycles. The zero-order valence-electron chi connectivity index (χ0n) is 5.60. The summed E-state index contributed by atoms with van der Waals surface area (Å²) >= 11 is 0. The second kappa shape index (κ2) is 2.02. The predicted octanol–water partition coefficient (Wildman–Crippen LogP) is 1.17. The predicted molar refractivity (Wildman–Crippen MR) is 39.6 cm³/mol. The van der Waals surface area contributed by atoms with Gasteiger partial charge in [0.1, 0.15) is 0 Å². The molecule has 0 aliphatic rings. The van der Waals surface area contributed by atoms with Crippen LogP contribution in [0, 0.1) is 0 Å². The minimum absolute atomic E-state index is 0.904. The van der Waals surface area contributed by atoms with Gasteiger partial charge in [0.05, 0.1) is 0 Å². The first kappa shape index (κ1) is 7.26. The average Bonchev–Trinajstić information content (AvgIpc) is 1.31. The van der Waals surface area contributed by atoms with E-state index in [1.165, 1.54) is 0 Å². The Morgan fingerprint density at radius 3 is 1.43 bits per heavy atom. The SMILES string of the molecule is C=P(C)(C)N(C)C. The van der Waals surface area contributed by atoms with E-state index in [4.69, 9.17) is 0 Å². The molecule has 0 amide bonds. The van der Waals surface area contributed by atoms with Gasteiger partial charge in [-0.05, 0) is 27.4 Å². The summed E-state index contributed by atoms with van der Waals surface area (Å²) < 4.78 is 2.19. The Bertz CT molecular complexity index is 90.3. The van der Waals surface area contributed by atoms with Crippen molar-refractivity contribution in [2.75, 3.05) is 27.4 Å². The van der Waals surface area contributed by atoms with E-state index in [0.29, 0.717) is 0 Å². The summed E-state index contributed by atoms with van der Waals surface area (Å²) in [4.78, 5) is 0. The van der Waals surface area contributed by atoms with Gasteiger partial charge in [0.15, 0.2) is 0 Å². The maximum absolute atomic E-state index is 4.01. The van der Waals surface area contributed by atoms with Crippen LogP contribution >= 0.6 is 7.04 Å². The number of nitrogens with zero attached hydrogens (tertiary/aromatic N) is 1. The van der Waals surface area contributed by atoms with Crippen molar-refractivity contribution in [2.45, 2.75) is 0 Å². The molecule has 0 N–H and O–H groups in total. The third-order valence-electron chi connectivity index (χ3n) is 1.08. The summed E-state index contributed by atoms with van der Waals surface area (Å²) in [6.07, 6.45) is 4.01. The molecule has 0 aliphatic heterocycles. The van der Waals surface area contributed by atoms with Crippen molar-refractivity contribution in [1.29, 1.82) is 0 Å². The summed E-state index contributed by atoms with van der Waals surface area (Å²) in [6.45, 7) is 4.38. The highest BCUT2D eigenvalue weighted by Crippen LogP contribution is 2.36. The van der Waals surface area contributed by atoms with E-state index in [2.05, 4.69) is 38.4 Å². The minimum Gasteiger partial charge on any atom is -0.290 e. The van der Waals surface area contributed by atoms with Crippen LogP contribution in [0.25, 0.3) is 0 Å². The van der Waals surface area contributed by atoms with Crippen molar-refractivity contribution in [3.8, 4) is 0 Å². The number of rotatable bonds is 1. The molecule has 0 rings (SSSR count). The molecule has 0 saturated heterocycles. The first-order valence-corrected chi connectivity index (χ1v) is 5.13. The molecule has 0 aromatic rings. The third kappa shape index (κ3) is 2.90. The van der Waals surface area contributed by atoms with E-state index in [9.17, 15) is 0 Å². The molecule has 0 spiro atoms. The lowest BCUT2D eigenvalue weighted by Gasteiger charge is -2.21.